The zero-order valence-electron chi connectivity index (χ0n) is 16.9. The summed E-state index contributed by atoms with van der Waals surface area (Å²) in [5.41, 5.74) is 9.33. The van der Waals surface area contributed by atoms with E-state index in [0.29, 0.717) is 12.3 Å². The van der Waals surface area contributed by atoms with Crippen molar-refractivity contribution in [3.8, 4) is 11.5 Å². The van der Waals surface area contributed by atoms with Gasteiger partial charge in [0.1, 0.15) is 11.5 Å². The van der Waals surface area contributed by atoms with Crippen molar-refractivity contribution in [2.75, 3.05) is 39.6 Å². The van der Waals surface area contributed by atoms with E-state index < -0.39 is 0 Å². The van der Waals surface area contributed by atoms with Crippen molar-refractivity contribution in [2.24, 2.45) is 5.92 Å². The lowest BCUT2D eigenvalue weighted by molar-refractivity contribution is 0.0894. The molecule has 0 bridgehead atoms. The van der Waals surface area contributed by atoms with Crippen LogP contribution in [0.4, 0.5) is 5.69 Å². The fourth-order valence-electron chi connectivity index (χ4n) is 3.97. The lowest BCUT2D eigenvalue weighted by atomic mass is 9.89. The summed E-state index contributed by atoms with van der Waals surface area (Å²) in [6.45, 7) is 2.78. The quantitative estimate of drug-likeness (QED) is 0.685. The van der Waals surface area contributed by atoms with Crippen LogP contribution in [-0.4, -0.2) is 50.0 Å². The molecule has 1 saturated heterocycles. The maximum absolute atomic E-state index is 10.5. The Kier molecular flexibility index (Phi) is 7.18. The molecule has 1 aliphatic rings. The molecule has 1 heterocycles. The molecule has 0 saturated carbocycles. The second-order valence-corrected chi connectivity index (χ2v) is 7.72. The van der Waals surface area contributed by atoms with Crippen molar-refractivity contribution in [1.29, 1.82) is 0 Å². The summed E-state index contributed by atoms with van der Waals surface area (Å²) in [6, 6.07) is 13.9. The Labute approximate surface area is 168 Å². The number of piperidine rings is 1. The van der Waals surface area contributed by atoms with Gasteiger partial charge >= 0.3 is 0 Å². The van der Waals surface area contributed by atoms with Gasteiger partial charge in [-0.2, -0.15) is 0 Å². The number of benzene rings is 2. The predicted molar refractivity (Wildman–Crippen MR) is 113 cm³/mol. The highest BCUT2D eigenvalue weighted by atomic mass is 16.5. The molecule has 0 aliphatic carbocycles. The number of nitrogens with zero attached hydrogens (tertiary/aromatic N) is 1. The van der Waals surface area contributed by atoms with Crippen LogP contribution in [-0.2, 0) is 12.8 Å². The highest BCUT2D eigenvalue weighted by Gasteiger charge is 2.22. The largest absolute Gasteiger partial charge is 0.497 e. The molecule has 1 fully saturated rings. The number of nitrogens with two attached hydrogens (primary N) is 1. The standard InChI is InChI=1S/C23H32N2O3/c1-27-21-6-3-17(4-7-21)14-20(26)16-25-11-9-18(10-12-25)13-19-5-8-22(28-2)15-23(19)24/h3-8,15,18,20,26H,9-14,16,24H2,1-2H3. The van der Waals surface area contributed by atoms with Crippen molar-refractivity contribution < 1.29 is 14.6 Å². The first-order chi connectivity index (χ1) is 13.6. The van der Waals surface area contributed by atoms with Gasteiger partial charge in [-0.25, -0.2) is 0 Å². The van der Waals surface area contributed by atoms with E-state index in [-0.39, 0.29) is 6.10 Å². The average molecular weight is 385 g/mol. The maximum atomic E-state index is 10.5. The topological polar surface area (TPSA) is 68.0 Å². The lowest BCUT2D eigenvalue weighted by Gasteiger charge is -2.33. The monoisotopic (exact) mass is 384 g/mol. The minimum atomic E-state index is -0.345. The van der Waals surface area contributed by atoms with Gasteiger partial charge in [0.2, 0.25) is 0 Å². The number of methoxy groups -OCH3 is 2. The Morgan fingerprint density at radius 3 is 2.29 bits per heavy atom. The van der Waals surface area contributed by atoms with E-state index in [1.165, 1.54) is 5.56 Å². The molecule has 0 aromatic heterocycles. The maximum Gasteiger partial charge on any atom is 0.120 e. The highest BCUT2D eigenvalue weighted by molar-refractivity contribution is 5.51. The van der Waals surface area contributed by atoms with Gasteiger partial charge in [0, 0.05) is 18.3 Å². The number of nitrogen functional groups attached to an aromatic ring is 1. The molecule has 3 N–H and O–H groups in total. The molecule has 152 valence electrons. The summed E-state index contributed by atoms with van der Waals surface area (Å²) in [6.07, 6.45) is 3.62. The molecular weight excluding hydrogens is 352 g/mol. The van der Waals surface area contributed by atoms with Crippen LogP contribution in [0.25, 0.3) is 0 Å². The summed E-state index contributed by atoms with van der Waals surface area (Å²) in [5, 5.41) is 10.5. The van der Waals surface area contributed by atoms with Crippen molar-refractivity contribution in [2.45, 2.75) is 31.8 Å². The van der Waals surface area contributed by atoms with Crippen LogP contribution < -0.4 is 15.2 Å². The summed E-state index contributed by atoms with van der Waals surface area (Å²) in [4.78, 5) is 2.38. The number of aliphatic hydroxyl groups excluding tert-OH is 1. The number of aliphatic hydroxyl groups is 1. The number of ether oxygens (including phenoxy) is 2. The van der Waals surface area contributed by atoms with Crippen LogP contribution in [0.3, 0.4) is 0 Å². The molecule has 0 spiro atoms. The summed E-state index contributed by atoms with van der Waals surface area (Å²) < 4.78 is 10.4. The van der Waals surface area contributed by atoms with Gasteiger partial charge < -0.3 is 25.2 Å². The van der Waals surface area contributed by atoms with Gasteiger partial charge in [-0.15, -0.1) is 0 Å². The normalized spacial score (nSPS) is 16.7. The number of anilines is 1. The number of β-amino-alcohol motifs (C(OH)–C–C–N with tert-alkyl or cyclic N) is 1. The molecule has 1 atom stereocenters. The summed E-state index contributed by atoms with van der Waals surface area (Å²) in [5.74, 6) is 2.30. The van der Waals surface area contributed by atoms with E-state index >= 15 is 0 Å². The van der Waals surface area contributed by atoms with Crippen LogP contribution in [0.15, 0.2) is 42.5 Å². The van der Waals surface area contributed by atoms with Gasteiger partial charge in [0.05, 0.1) is 20.3 Å². The van der Waals surface area contributed by atoms with Crippen LogP contribution in [0.1, 0.15) is 24.0 Å². The van der Waals surface area contributed by atoms with E-state index in [1.807, 2.05) is 36.4 Å². The predicted octanol–water partition coefficient (Wildman–Crippen LogP) is 3.14. The highest BCUT2D eigenvalue weighted by Crippen LogP contribution is 2.27. The zero-order valence-corrected chi connectivity index (χ0v) is 16.9. The number of hydrogen-bond donors (Lipinski definition) is 2. The van der Waals surface area contributed by atoms with E-state index in [9.17, 15) is 5.11 Å². The second kappa shape index (κ2) is 9.80. The third-order valence-corrected chi connectivity index (χ3v) is 5.67. The van der Waals surface area contributed by atoms with Gasteiger partial charge in [-0.3, -0.25) is 0 Å². The van der Waals surface area contributed by atoms with E-state index in [1.54, 1.807) is 14.2 Å². The third kappa shape index (κ3) is 5.63. The summed E-state index contributed by atoms with van der Waals surface area (Å²) >= 11 is 0. The number of rotatable bonds is 8. The van der Waals surface area contributed by atoms with Crippen molar-refractivity contribution >= 4 is 5.69 Å². The van der Waals surface area contributed by atoms with Gasteiger partial charge in [0.25, 0.3) is 0 Å². The molecule has 3 rings (SSSR count). The fraction of sp³-hybridized carbons (Fsp3) is 0.478. The van der Waals surface area contributed by atoms with Crippen LogP contribution in [0.2, 0.25) is 0 Å². The molecule has 5 nitrogen and oxygen atoms in total. The van der Waals surface area contributed by atoms with Gasteiger partial charge in [0.15, 0.2) is 0 Å². The first-order valence-corrected chi connectivity index (χ1v) is 10.0. The fourth-order valence-corrected chi connectivity index (χ4v) is 3.97. The van der Waals surface area contributed by atoms with Crippen molar-refractivity contribution in [3.05, 3.63) is 53.6 Å². The third-order valence-electron chi connectivity index (χ3n) is 5.67. The Hall–Kier alpha value is -2.24. The Morgan fingerprint density at radius 1 is 1.04 bits per heavy atom. The smallest absolute Gasteiger partial charge is 0.120 e. The van der Waals surface area contributed by atoms with Crippen molar-refractivity contribution in [1.82, 2.24) is 4.90 Å². The van der Waals surface area contributed by atoms with Crippen LogP contribution in [0, 0.1) is 5.92 Å². The number of hydrogen-bond acceptors (Lipinski definition) is 5. The molecule has 5 heteroatoms. The summed E-state index contributed by atoms with van der Waals surface area (Å²) in [7, 11) is 3.32. The molecule has 1 unspecified atom stereocenters. The van der Waals surface area contributed by atoms with Crippen molar-refractivity contribution in [3.63, 3.8) is 0 Å². The molecule has 0 radical (unpaired) electrons. The number of likely N-dealkylation sites (tertiary alicyclic amines) is 1. The SMILES string of the molecule is COc1ccc(CC(O)CN2CCC(Cc3ccc(OC)cc3N)CC2)cc1. The van der Waals surface area contributed by atoms with E-state index in [2.05, 4.69) is 11.0 Å². The first kappa shape index (κ1) is 20.5. The van der Waals surface area contributed by atoms with Gasteiger partial charge in [-0.05, 0) is 74.0 Å². The zero-order chi connectivity index (χ0) is 19.9. The molecule has 1 aliphatic heterocycles. The average Bonchev–Trinajstić information content (AvgIpc) is 2.71. The molecular formula is C23H32N2O3. The van der Waals surface area contributed by atoms with E-state index in [4.69, 9.17) is 15.2 Å². The molecule has 2 aromatic rings. The Balaban J connectivity index is 1.43. The lowest BCUT2D eigenvalue weighted by Crippen LogP contribution is -2.39. The molecule has 2 aromatic carbocycles. The Morgan fingerprint density at radius 2 is 1.68 bits per heavy atom. The van der Waals surface area contributed by atoms with E-state index in [0.717, 1.165) is 61.6 Å². The minimum absolute atomic E-state index is 0.345. The van der Waals surface area contributed by atoms with Crippen LogP contribution >= 0.6 is 0 Å². The first-order valence-electron chi connectivity index (χ1n) is 10.0. The minimum Gasteiger partial charge on any atom is -0.497 e. The molecule has 28 heavy (non-hydrogen) atoms. The second-order valence-electron chi connectivity index (χ2n) is 7.72. The van der Waals surface area contributed by atoms with Crippen LogP contribution in [0.5, 0.6) is 11.5 Å². The van der Waals surface area contributed by atoms with Gasteiger partial charge in [-0.1, -0.05) is 18.2 Å². The molecule has 0 amide bonds. The Bertz CT molecular complexity index is 740.